The van der Waals surface area contributed by atoms with Gasteiger partial charge >= 0.3 is 0 Å². The minimum absolute atomic E-state index is 0.808. The van der Waals surface area contributed by atoms with Crippen LogP contribution < -0.4 is 0 Å². The van der Waals surface area contributed by atoms with E-state index in [4.69, 9.17) is 0 Å². The molecule has 78 valence electrons. The summed E-state index contributed by atoms with van der Waals surface area (Å²) >= 11 is 0. The second-order valence-corrected chi connectivity index (χ2v) is 4.33. The van der Waals surface area contributed by atoms with Crippen LogP contribution in [0.2, 0.25) is 0 Å². The first-order chi connectivity index (χ1) is 7.40. The first-order valence-corrected chi connectivity index (χ1v) is 5.93. The standard InChI is InChI=1S/C15H18/c1-2-6-13-9-11-15(12-10-13)14-7-4-3-5-8-14/h9-12,14H,3-5,7-8H2,1H3. The molecule has 15 heavy (non-hydrogen) atoms. The van der Waals surface area contributed by atoms with Gasteiger partial charge in [0.05, 0.1) is 0 Å². The second-order valence-electron chi connectivity index (χ2n) is 4.33. The van der Waals surface area contributed by atoms with Gasteiger partial charge in [-0.3, -0.25) is 0 Å². The normalized spacial score (nSPS) is 16.9. The Morgan fingerprint density at radius 2 is 1.67 bits per heavy atom. The molecule has 0 N–H and O–H groups in total. The number of rotatable bonds is 1. The minimum Gasteiger partial charge on any atom is -0.101 e. The van der Waals surface area contributed by atoms with E-state index < -0.39 is 0 Å². The van der Waals surface area contributed by atoms with E-state index in [2.05, 4.69) is 36.1 Å². The third-order valence-electron chi connectivity index (χ3n) is 3.26. The fourth-order valence-corrected chi connectivity index (χ4v) is 2.42. The zero-order valence-electron chi connectivity index (χ0n) is 9.42. The van der Waals surface area contributed by atoms with Crippen LogP contribution >= 0.6 is 0 Å². The summed E-state index contributed by atoms with van der Waals surface area (Å²) in [6.07, 6.45) is 6.98. The third kappa shape index (κ3) is 2.63. The highest BCUT2D eigenvalue weighted by Gasteiger charge is 2.14. The van der Waals surface area contributed by atoms with Gasteiger partial charge in [-0.2, -0.15) is 0 Å². The summed E-state index contributed by atoms with van der Waals surface area (Å²) in [6, 6.07) is 8.83. The predicted molar refractivity (Wildman–Crippen MR) is 64.8 cm³/mol. The van der Waals surface area contributed by atoms with E-state index >= 15 is 0 Å². The number of hydrogen-bond acceptors (Lipinski definition) is 0. The van der Waals surface area contributed by atoms with Crippen LogP contribution in [0.3, 0.4) is 0 Å². The molecular weight excluding hydrogens is 180 g/mol. The average molecular weight is 198 g/mol. The number of benzene rings is 1. The maximum absolute atomic E-state index is 3.09. The third-order valence-corrected chi connectivity index (χ3v) is 3.26. The summed E-state index contributed by atoms with van der Waals surface area (Å²) in [4.78, 5) is 0. The number of hydrogen-bond donors (Lipinski definition) is 0. The first-order valence-electron chi connectivity index (χ1n) is 5.93. The molecule has 0 nitrogen and oxygen atoms in total. The molecule has 0 atom stereocenters. The smallest absolute Gasteiger partial charge is 0.0245 e. The van der Waals surface area contributed by atoms with Crippen LogP contribution in [-0.2, 0) is 0 Å². The van der Waals surface area contributed by atoms with Crippen LogP contribution in [0.1, 0.15) is 56.1 Å². The summed E-state index contributed by atoms with van der Waals surface area (Å²) < 4.78 is 0. The maximum atomic E-state index is 3.09. The zero-order chi connectivity index (χ0) is 10.5. The van der Waals surface area contributed by atoms with Gasteiger partial charge in [-0.15, -0.1) is 5.92 Å². The first kappa shape index (κ1) is 10.3. The molecule has 1 aliphatic carbocycles. The van der Waals surface area contributed by atoms with Gasteiger partial charge in [-0.05, 0) is 43.4 Å². The van der Waals surface area contributed by atoms with Crippen molar-refractivity contribution in [2.75, 3.05) is 0 Å². The largest absolute Gasteiger partial charge is 0.101 e. The molecule has 0 saturated heterocycles. The Labute approximate surface area is 92.7 Å². The van der Waals surface area contributed by atoms with Crippen LogP contribution in [0.15, 0.2) is 24.3 Å². The fourth-order valence-electron chi connectivity index (χ4n) is 2.42. The predicted octanol–water partition coefficient (Wildman–Crippen LogP) is 4.11. The molecule has 0 spiro atoms. The summed E-state index contributed by atoms with van der Waals surface area (Å²) in [5.74, 6) is 6.83. The van der Waals surface area contributed by atoms with Gasteiger partial charge in [0.25, 0.3) is 0 Å². The van der Waals surface area contributed by atoms with Gasteiger partial charge in [0.15, 0.2) is 0 Å². The van der Waals surface area contributed by atoms with Crippen molar-refractivity contribution in [1.82, 2.24) is 0 Å². The highest BCUT2D eigenvalue weighted by Crippen LogP contribution is 2.32. The van der Waals surface area contributed by atoms with Crippen LogP contribution in [0, 0.1) is 11.8 Å². The van der Waals surface area contributed by atoms with Gasteiger partial charge in [0, 0.05) is 5.56 Å². The maximum Gasteiger partial charge on any atom is 0.0245 e. The Balaban J connectivity index is 2.10. The summed E-state index contributed by atoms with van der Waals surface area (Å²) in [5, 5.41) is 0. The van der Waals surface area contributed by atoms with Crippen LogP contribution in [0.5, 0.6) is 0 Å². The van der Waals surface area contributed by atoms with Crippen LogP contribution in [0.4, 0.5) is 0 Å². The molecule has 1 aliphatic rings. The monoisotopic (exact) mass is 198 g/mol. The Hall–Kier alpha value is -1.22. The van der Waals surface area contributed by atoms with E-state index in [9.17, 15) is 0 Å². The van der Waals surface area contributed by atoms with Gasteiger partial charge in [-0.25, -0.2) is 0 Å². The van der Waals surface area contributed by atoms with E-state index in [1.54, 1.807) is 0 Å². The van der Waals surface area contributed by atoms with E-state index in [0.29, 0.717) is 0 Å². The van der Waals surface area contributed by atoms with Crippen LogP contribution in [0.25, 0.3) is 0 Å². The van der Waals surface area contributed by atoms with Crippen molar-refractivity contribution in [1.29, 1.82) is 0 Å². The molecule has 0 bridgehead atoms. The summed E-state index contributed by atoms with van der Waals surface area (Å²) in [6.45, 7) is 1.88. The SMILES string of the molecule is CC#Cc1ccc(C2CCCCC2)cc1. The van der Waals surface area contributed by atoms with Crippen molar-refractivity contribution in [3.63, 3.8) is 0 Å². The molecule has 2 rings (SSSR count). The Morgan fingerprint density at radius 1 is 1.00 bits per heavy atom. The lowest BCUT2D eigenvalue weighted by atomic mass is 9.84. The lowest BCUT2D eigenvalue weighted by Crippen LogP contribution is -2.04. The molecule has 1 aromatic carbocycles. The molecule has 1 aromatic rings. The van der Waals surface area contributed by atoms with Gasteiger partial charge in [-0.1, -0.05) is 37.3 Å². The van der Waals surface area contributed by atoms with Crippen molar-refractivity contribution in [2.45, 2.75) is 44.9 Å². The highest BCUT2D eigenvalue weighted by molar-refractivity contribution is 5.36. The molecule has 0 heteroatoms. The van der Waals surface area contributed by atoms with Crippen molar-refractivity contribution in [3.05, 3.63) is 35.4 Å². The Bertz CT molecular complexity index is 355. The van der Waals surface area contributed by atoms with Gasteiger partial charge in [0.2, 0.25) is 0 Å². The molecule has 0 amide bonds. The Morgan fingerprint density at radius 3 is 2.27 bits per heavy atom. The molecule has 0 heterocycles. The van der Waals surface area contributed by atoms with Gasteiger partial charge in [0.1, 0.15) is 0 Å². The topological polar surface area (TPSA) is 0 Å². The van der Waals surface area contributed by atoms with Crippen molar-refractivity contribution >= 4 is 0 Å². The van der Waals surface area contributed by atoms with E-state index in [0.717, 1.165) is 11.5 Å². The molecule has 0 unspecified atom stereocenters. The van der Waals surface area contributed by atoms with Crippen molar-refractivity contribution < 1.29 is 0 Å². The van der Waals surface area contributed by atoms with E-state index in [1.165, 1.54) is 37.7 Å². The zero-order valence-corrected chi connectivity index (χ0v) is 9.42. The lowest BCUT2D eigenvalue weighted by molar-refractivity contribution is 0.443. The lowest BCUT2D eigenvalue weighted by Gasteiger charge is -2.21. The molecule has 1 saturated carbocycles. The van der Waals surface area contributed by atoms with Gasteiger partial charge < -0.3 is 0 Å². The molecular formula is C15H18. The molecule has 0 aromatic heterocycles. The van der Waals surface area contributed by atoms with Crippen LogP contribution in [-0.4, -0.2) is 0 Å². The van der Waals surface area contributed by atoms with E-state index in [-0.39, 0.29) is 0 Å². The summed E-state index contributed by atoms with van der Waals surface area (Å²) in [5.41, 5.74) is 2.65. The minimum atomic E-state index is 0.808. The summed E-state index contributed by atoms with van der Waals surface area (Å²) in [7, 11) is 0. The average Bonchev–Trinajstić information content (AvgIpc) is 2.32. The van der Waals surface area contributed by atoms with Crippen molar-refractivity contribution in [2.24, 2.45) is 0 Å². The molecule has 1 fully saturated rings. The van der Waals surface area contributed by atoms with Crippen molar-refractivity contribution in [3.8, 4) is 11.8 Å². The Kier molecular flexibility index (Phi) is 3.45. The second kappa shape index (κ2) is 5.03. The molecule has 0 aliphatic heterocycles. The molecule has 0 radical (unpaired) electrons. The highest BCUT2D eigenvalue weighted by atomic mass is 14.2. The van der Waals surface area contributed by atoms with E-state index in [1.807, 2.05) is 6.92 Å². The quantitative estimate of drug-likeness (QED) is 0.596. The fraction of sp³-hybridized carbons (Fsp3) is 0.467.